The highest BCUT2D eigenvalue weighted by molar-refractivity contribution is 5.74. The maximum Gasteiger partial charge on any atom is 0.412 e. The van der Waals surface area contributed by atoms with E-state index < -0.39 is 95.7 Å². The first kappa shape index (κ1) is 48.8. The van der Waals surface area contributed by atoms with Gasteiger partial charge in [-0.05, 0) is 132 Å². The number of hydrogen-bond acceptors (Lipinski definition) is 18. The molecular formula is C52H76O18. The number of carbonyl (C=O) groups is 3. The second kappa shape index (κ2) is 17.2. The lowest BCUT2D eigenvalue weighted by Crippen LogP contribution is -2.70. The number of carbonyl (C=O) groups excluding carboxylic acids is 3. The number of esters is 3. The Morgan fingerprint density at radius 3 is 0.986 bits per heavy atom. The molecule has 0 aromatic heterocycles. The molecule has 70 heavy (non-hydrogen) atoms. The third kappa shape index (κ3) is 7.47. The zero-order valence-corrected chi connectivity index (χ0v) is 42.4. The predicted octanol–water partition coefficient (Wildman–Crippen LogP) is 7.82. The molecule has 24 atom stereocenters. The molecule has 12 heterocycles. The quantitative estimate of drug-likeness (QED) is 0.123. The molecule has 18 nitrogen and oxygen atoms in total. The molecule has 15 aliphatic rings. The molecule has 3 saturated carbocycles. The summed E-state index contributed by atoms with van der Waals surface area (Å²) in [5, 5.41) is 0. The van der Waals surface area contributed by atoms with Crippen LogP contribution in [0.15, 0.2) is 0 Å². The van der Waals surface area contributed by atoms with E-state index in [2.05, 4.69) is 41.5 Å². The van der Waals surface area contributed by atoms with Crippen LogP contribution in [0.25, 0.3) is 0 Å². The van der Waals surface area contributed by atoms with Crippen molar-refractivity contribution in [1.29, 1.82) is 0 Å². The van der Waals surface area contributed by atoms with Crippen LogP contribution in [-0.4, -0.2) is 95.7 Å². The van der Waals surface area contributed by atoms with Gasteiger partial charge in [-0.3, -0.25) is 14.4 Å². The van der Waals surface area contributed by atoms with Gasteiger partial charge in [0.25, 0.3) is 0 Å². The Morgan fingerprint density at radius 1 is 0.414 bits per heavy atom. The molecule has 0 radical (unpaired) electrons. The minimum atomic E-state index is -2.02. The molecule has 3 spiro atoms. The molecule has 0 aromatic carbocycles. The van der Waals surface area contributed by atoms with Gasteiger partial charge in [0.15, 0.2) is 35.7 Å². The largest absolute Gasteiger partial charge is 0.412 e. The summed E-state index contributed by atoms with van der Waals surface area (Å²) >= 11 is 0. The summed E-state index contributed by atoms with van der Waals surface area (Å²) in [5.41, 5.74) is -2.46. The second-order valence-electron chi connectivity index (χ2n) is 24.7. The number of fused-ring (bicyclic) bond motifs is 6. The van der Waals surface area contributed by atoms with Gasteiger partial charge in [0.1, 0.15) is 0 Å². The van der Waals surface area contributed by atoms with Crippen LogP contribution in [0.5, 0.6) is 0 Å². The summed E-state index contributed by atoms with van der Waals surface area (Å²) < 4.78 is 57.4. The maximum absolute atomic E-state index is 14.2. The summed E-state index contributed by atoms with van der Waals surface area (Å²) in [4.78, 5) is 79.7. The van der Waals surface area contributed by atoms with Gasteiger partial charge in [0.2, 0.25) is 17.4 Å². The molecule has 0 amide bonds. The van der Waals surface area contributed by atoms with Crippen LogP contribution in [-0.2, 0) is 86.3 Å². The number of hydrogen-bond donors (Lipinski definition) is 0. The minimum Gasteiger partial charge on any atom is -0.390 e. The lowest BCUT2D eigenvalue weighted by molar-refractivity contribution is -0.571. The topological polar surface area (TPSA) is 190 Å². The van der Waals surface area contributed by atoms with Crippen molar-refractivity contribution < 1.29 is 86.3 Å². The van der Waals surface area contributed by atoms with Crippen molar-refractivity contribution in [1.82, 2.24) is 0 Å². The van der Waals surface area contributed by atoms with Crippen LogP contribution < -0.4 is 0 Å². The molecule has 3 unspecified atom stereocenters. The van der Waals surface area contributed by atoms with Crippen molar-refractivity contribution in [2.24, 2.45) is 71.0 Å². The van der Waals surface area contributed by atoms with E-state index in [1.807, 2.05) is 20.8 Å². The monoisotopic (exact) mass is 989 g/mol. The molecule has 0 N–H and O–H groups in total. The van der Waals surface area contributed by atoms with Crippen LogP contribution in [0.2, 0.25) is 0 Å². The van der Waals surface area contributed by atoms with E-state index >= 15 is 0 Å². The van der Waals surface area contributed by atoms with E-state index in [0.29, 0.717) is 37.0 Å². The van der Waals surface area contributed by atoms with Crippen LogP contribution in [0, 0.1) is 71.0 Å². The first-order valence-electron chi connectivity index (χ1n) is 27.0. The smallest absolute Gasteiger partial charge is 0.390 e. The molecule has 3 aliphatic carbocycles. The Hall–Kier alpha value is -2.07. The van der Waals surface area contributed by atoms with Gasteiger partial charge in [0, 0.05) is 37.0 Å². The molecular weight excluding hydrogens is 913 g/mol. The average molecular weight is 989 g/mol. The van der Waals surface area contributed by atoms with Crippen molar-refractivity contribution in [2.45, 2.75) is 236 Å². The van der Waals surface area contributed by atoms with E-state index in [0.717, 1.165) is 57.8 Å². The fourth-order valence-corrected chi connectivity index (χ4v) is 16.7. The highest BCUT2D eigenvalue weighted by atomic mass is 17.3. The van der Waals surface area contributed by atoms with E-state index in [9.17, 15) is 14.4 Å². The zero-order valence-electron chi connectivity index (χ0n) is 42.4. The van der Waals surface area contributed by atoms with Crippen LogP contribution in [0.1, 0.15) is 159 Å². The molecule has 0 aromatic rings. The first-order chi connectivity index (χ1) is 33.3. The number of ether oxygens (including phenoxy) is 9. The fourth-order valence-electron chi connectivity index (χ4n) is 16.7. The molecule has 15 rings (SSSR count). The SMILES string of the molecule is C[C@@H]1CC[C@H]2[C@@H](C)C(CC(=O)OC(OC(=O)CC3O[C@@H]4O[C@@]5(C)CC[C@H]6[C@H](C)CC[C@@H]([C@H]3C)[C@@]46OO5)OC(=O)CC3O[C@@H]4O[C@]5(C)CC[C@H]6[C@H](C)CC[C@@H]([C@H]3C)[C@@]46OO5)O[C@@H]3O[C@@]4(C)CC[C@@H]1[C@]32OO4. The fraction of sp³-hybridized carbons (Fsp3) is 0.942. The predicted molar refractivity (Wildman–Crippen MR) is 236 cm³/mol. The molecule has 15 fully saturated rings. The maximum atomic E-state index is 14.2. The molecule has 6 bridgehead atoms. The normalized spacial score (nSPS) is 55.3. The summed E-state index contributed by atoms with van der Waals surface area (Å²) in [6.45, 7) is 16.4. The van der Waals surface area contributed by atoms with Crippen LogP contribution >= 0.6 is 0 Å². The Balaban J connectivity index is 0.770. The molecule has 12 saturated heterocycles. The summed E-state index contributed by atoms with van der Waals surface area (Å²) in [5.74, 6) is -4.36. The van der Waals surface area contributed by atoms with Gasteiger partial charge >= 0.3 is 24.4 Å². The van der Waals surface area contributed by atoms with E-state index in [-0.39, 0.29) is 72.5 Å². The Kier molecular flexibility index (Phi) is 12.0. The van der Waals surface area contributed by atoms with E-state index in [4.69, 9.17) is 72.0 Å². The molecule has 12 aliphatic heterocycles. The van der Waals surface area contributed by atoms with Crippen LogP contribution in [0.3, 0.4) is 0 Å². The standard InChI is InChI=1S/C52H76O18/c1-25-10-13-34-28(4)37(56-43-50(34)31(25)16-19-47(7,62-43)65-68-50)22-40(53)59-46(60-41(54)23-38-29(5)35-14-11-26(2)32-17-20-48(8)63-44(57-38)51(32,35)69-66-48)61-42(55)24-39-30(6)36-15-12-27(3)33-18-21-49(9)64-45(58-39)52(33,36)70-67-49/h25-39,43-46H,10-24H2,1-9H3/t25-,26-,27-,28-,29-,30-,31+,32+,33+,34+,35+,36+,37?,38?,39?,43-,44-,45-,46?,47-,48-,49+,50-,51-,52-/m1/s1. The zero-order chi connectivity index (χ0) is 48.9. The van der Waals surface area contributed by atoms with Crippen molar-refractivity contribution in [2.75, 3.05) is 0 Å². The summed E-state index contributed by atoms with van der Waals surface area (Å²) in [7, 11) is 0. The second-order valence-corrected chi connectivity index (χ2v) is 24.7. The highest BCUT2D eigenvalue weighted by Gasteiger charge is 2.72. The third-order valence-corrected chi connectivity index (χ3v) is 20.7. The number of rotatable bonds is 9. The molecule has 392 valence electrons. The van der Waals surface area contributed by atoms with Gasteiger partial charge < -0.3 is 42.6 Å². The Bertz CT molecular complexity index is 1840. The van der Waals surface area contributed by atoms with Gasteiger partial charge in [-0.2, -0.15) is 0 Å². The highest BCUT2D eigenvalue weighted by Crippen LogP contribution is 2.64. The van der Waals surface area contributed by atoms with Crippen molar-refractivity contribution in [3.8, 4) is 0 Å². The van der Waals surface area contributed by atoms with E-state index in [1.54, 1.807) is 0 Å². The van der Waals surface area contributed by atoms with Gasteiger partial charge in [-0.1, -0.05) is 41.5 Å². The van der Waals surface area contributed by atoms with Crippen LogP contribution in [0.4, 0.5) is 0 Å². The van der Waals surface area contributed by atoms with E-state index in [1.165, 1.54) is 0 Å². The third-order valence-electron chi connectivity index (χ3n) is 20.7. The van der Waals surface area contributed by atoms with Crippen molar-refractivity contribution in [3.05, 3.63) is 0 Å². The lowest BCUT2D eigenvalue weighted by Gasteiger charge is -2.60. The Labute approximate surface area is 410 Å². The minimum absolute atomic E-state index is 0.0303. The van der Waals surface area contributed by atoms with Gasteiger partial charge in [0.05, 0.1) is 37.6 Å². The van der Waals surface area contributed by atoms with Crippen molar-refractivity contribution >= 4 is 17.9 Å². The molecule has 18 heteroatoms. The first-order valence-corrected chi connectivity index (χ1v) is 27.0. The van der Waals surface area contributed by atoms with Gasteiger partial charge in [-0.15, -0.1) is 0 Å². The summed E-state index contributed by atoms with van der Waals surface area (Å²) in [6.07, 6.45) is 5.12. The summed E-state index contributed by atoms with van der Waals surface area (Å²) in [6, 6.07) is 0. The average Bonchev–Trinajstić information content (AvgIpc) is 3.79. The van der Waals surface area contributed by atoms with Gasteiger partial charge in [-0.25, -0.2) is 29.3 Å². The van der Waals surface area contributed by atoms with Crippen molar-refractivity contribution in [3.63, 3.8) is 0 Å². The Morgan fingerprint density at radius 2 is 0.700 bits per heavy atom. The lowest BCUT2D eigenvalue weighted by atomic mass is 9.57.